The van der Waals surface area contributed by atoms with Gasteiger partial charge in [-0.15, -0.1) is 0 Å². The Morgan fingerprint density at radius 1 is 1.41 bits per heavy atom. The van der Waals surface area contributed by atoms with Crippen molar-refractivity contribution in [1.82, 2.24) is 10.7 Å². The van der Waals surface area contributed by atoms with Crippen LogP contribution in [-0.4, -0.2) is 36.5 Å². The lowest BCUT2D eigenvalue weighted by Gasteiger charge is -2.14. The lowest BCUT2D eigenvalue weighted by molar-refractivity contribution is -0.114. The highest BCUT2D eigenvalue weighted by atomic mass is 32.1. The topological polar surface area (TPSA) is 74.8 Å². The number of carbonyl (C=O) groups excluding carboxylic acids is 1. The summed E-state index contributed by atoms with van der Waals surface area (Å²) in [7, 11) is 1.64. The van der Waals surface area contributed by atoms with Gasteiger partial charge in [0.15, 0.2) is 5.11 Å². The Labute approximate surface area is 136 Å². The number of carbonyl (C=O) groups is 1. The molecule has 7 heteroatoms. The van der Waals surface area contributed by atoms with Crippen molar-refractivity contribution in [1.29, 1.82) is 0 Å². The predicted octanol–water partition coefficient (Wildman–Crippen LogP) is 1.87. The van der Waals surface area contributed by atoms with Gasteiger partial charge in [0, 0.05) is 25.8 Å². The predicted molar refractivity (Wildman–Crippen MR) is 93.2 cm³/mol. The number of methoxy groups -OCH3 is 1. The van der Waals surface area contributed by atoms with Gasteiger partial charge in [-0.1, -0.05) is 12.1 Å². The van der Waals surface area contributed by atoms with E-state index in [0.717, 1.165) is 17.0 Å². The first kappa shape index (κ1) is 18.1. The molecule has 1 aromatic carbocycles. The highest BCUT2D eigenvalue weighted by Crippen LogP contribution is 2.11. The number of thiocarbonyl (C=S) groups is 1. The first-order valence-electron chi connectivity index (χ1n) is 6.90. The molecule has 1 atom stereocenters. The zero-order chi connectivity index (χ0) is 16.5. The molecule has 22 heavy (non-hydrogen) atoms. The van der Waals surface area contributed by atoms with Crippen LogP contribution in [0.5, 0.6) is 0 Å². The van der Waals surface area contributed by atoms with E-state index in [9.17, 15) is 4.79 Å². The standard InChI is InChI=1S/C15H22N4O2S/c1-10(9-21-4)16-15(22)19-18-11(2)13-6-5-7-14(8-13)17-12(3)20/h5-8,10H,9H2,1-4H3,(H,17,20)(H2,16,19,22)/b18-11-/t10-/m1/s1. The van der Waals surface area contributed by atoms with Gasteiger partial charge in [-0.25, -0.2) is 0 Å². The number of nitrogens with one attached hydrogen (secondary N) is 3. The third-order valence-electron chi connectivity index (χ3n) is 2.72. The van der Waals surface area contributed by atoms with Crippen molar-refractivity contribution in [3.05, 3.63) is 29.8 Å². The van der Waals surface area contributed by atoms with Gasteiger partial charge in [-0.3, -0.25) is 10.2 Å². The molecule has 0 aliphatic heterocycles. The number of hydrogen-bond acceptors (Lipinski definition) is 4. The van der Waals surface area contributed by atoms with Crippen LogP contribution in [0.1, 0.15) is 26.3 Å². The maximum Gasteiger partial charge on any atom is 0.221 e. The van der Waals surface area contributed by atoms with Crippen LogP contribution in [0.2, 0.25) is 0 Å². The quantitative estimate of drug-likeness (QED) is 0.423. The van der Waals surface area contributed by atoms with E-state index < -0.39 is 0 Å². The number of benzene rings is 1. The minimum absolute atomic E-state index is 0.101. The average Bonchev–Trinajstić information content (AvgIpc) is 2.44. The fraction of sp³-hybridized carbons (Fsp3) is 0.400. The second-order valence-electron chi connectivity index (χ2n) is 4.90. The van der Waals surface area contributed by atoms with Crippen molar-refractivity contribution >= 4 is 34.6 Å². The molecular weight excluding hydrogens is 300 g/mol. The second-order valence-corrected chi connectivity index (χ2v) is 5.31. The first-order valence-corrected chi connectivity index (χ1v) is 7.31. The van der Waals surface area contributed by atoms with Crippen LogP contribution in [0, 0.1) is 0 Å². The second kappa shape index (κ2) is 9.11. The fourth-order valence-electron chi connectivity index (χ4n) is 1.77. The minimum Gasteiger partial charge on any atom is -0.383 e. The Kier molecular flexibility index (Phi) is 7.48. The van der Waals surface area contributed by atoms with Gasteiger partial charge in [0.05, 0.1) is 12.3 Å². The monoisotopic (exact) mass is 322 g/mol. The Balaban J connectivity index is 2.64. The van der Waals surface area contributed by atoms with Crippen molar-refractivity contribution in [3.63, 3.8) is 0 Å². The summed E-state index contributed by atoms with van der Waals surface area (Å²) in [6.07, 6.45) is 0. The van der Waals surface area contributed by atoms with Gasteiger partial charge in [-0.2, -0.15) is 5.10 Å². The summed E-state index contributed by atoms with van der Waals surface area (Å²) in [6, 6.07) is 7.55. The molecule has 0 fully saturated rings. The van der Waals surface area contributed by atoms with E-state index in [1.165, 1.54) is 6.92 Å². The van der Waals surface area contributed by atoms with Gasteiger partial charge in [0.25, 0.3) is 0 Å². The van der Waals surface area contributed by atoms with Crippen molar-refractivity contribution < 1.29 is 9.53 Å². The van der Waals surface area contributed by atoms with E-state index in [0.29, 0.717) is 11.7 Å². The van der Waals surface area contributed by atoms with Crippen molar-refractivity contribution in [2.75, 3.05) is 19.0 Å². The van der Waals surface area contributed by atoms with Crippen molar-refractivity contribution in [3.8, 4) is 0 Å². The van der Waals surface area contributed by atoms with E-state index in [1.54, 1.807) is 7.11 Å². The molecule has 0 heterocycles. The Morgan fingerprint density at radius 2 is 2.14 bits per heavy atom. The molecule has 0 bridgehead atoms. The molecule has 0 radical (unpaired) electrons. The van der Waals surface area contributed by atoms with E-state index >= 15 is 0 Å². The molecule has 0 saturated carbocycles. The van der Waals surface area contributed by atoms with Gasteiger partial charge in [-0.05, 0) is 43.8 Å². The molecule has 0 saturated heterocycles. The Bertz CT molecular complexity index is 560. The number of ether oxygens (including phenoxy) is 1. The van der Waals surface area contributed by atoms with Crippen LogP contribution in [0.3, 0.4) is 0 Å². The molecule has 1 amide bonds. The van der Waals surface area contributed by atoms with E-state index in [2.05, 4.69) is 21.2 Å². The maximum absolute atomic E-state index is 11.1. The molecule has 1 rings (SSSR count). The summed E-state index contributed by atoms with van der Waals surface area (Å²) >= 11 is 5.15. The minimum atomic E-state index is -0.109. The summed E-state index contributed by atoms with van der Waals surface area (Å²) < 4.78 is 5.02. The maximum atomic E-state index is 11.1. The average molecular weight is 322 g/mol. The van der Waals surface area contributed by atoms with Gasteiger partial charge < -0.3 is 15.4 Å². The number of hydrogen-bond donors (Lipinski definition) is 3. The normalized spacial score (nSPS) is 12.5. The van der Waals surface area contributed by atoms with Gasteiger partial charge in [0.1, 0.15) is 0 Å². The number of amides is 1. The van der Waals surface area contributed by atoms with Crippen LogP contribution in [0.4, 0.5) is 5.69 Å². The summed E-state index contributed by atoms with van der Waals surface area (Å²) in [5.74, 6) is -0.109. The summed E-state index contributed by atoms with van der Waals surface area (Å²) in [6.45, 7) is 5.86. The van der Waals surface area contributed by atoms with Crippen molar-refractivity contribution in [2.45, 2.75) is 26.8 Å². The molecule has 0 aliphatic rings. The lowest BCUT2D eigenvalue weighted by Crippen LogP contribution is -2.40. The number of nitrogens with zero attached hydrogens (tertiary/aromatic N) is 1. The van der Waals surface area contributed by atoms with Crippen LogP contribution in [-0.2, 0) is 9.53 Å². The smallest absolute Gasteiger partial charge is 0.221 e. The van der Waals surface area contributed by atoms with Crippen LogP contribution < -0.4 is 16.1 Å². The largest absolute Gasteiger partial charge is 0.383 e. The zero-order valence-corrected chi connectivity index (χ0v) is 14.1. The summed E-state index contributed by atoms with van der Waals surface area (Å²) in [4.78, 5) is 11.1. The van der Waals surface area contributed by atoms with Gasteiger partial charge in [0.2, 0.25) is 5.91 Å². The highest BCUT2D eigenvalue weighted by Gasteiger charge is 2.04. The molecule has 6 nitrogen and oxygen atoms in total. The number of anilines is 1. The third kappa shape index (κ3) is 6.64. The molecular formula is C15H22N4O2S. The van der Waals surface area contributed by atoms with Crippen molar-refractivity contribution in [2.24, 2.45) is 5.10 Å². The lowest BCUT2D eigenvalue weighted by atomic mass is 10.1. The third-order valence-corrected chi connectivity index (χ3v) is 2.93. The molecule has 0 spiro atoms. The molecule has 0 aliphatic carbocycles. The Hall–Kier alpha value is -1.99. The van der Waals surface area contributed by atoms with E-state index in [-0.39, 0.29) is 11.9 Å². The van der Waals surface area contributed by atoms with Crippen LogP contribution >= 0.6 is 12.2 Å². The summed E-state index contributed by atoms with van der Waals surface area (Å²) in [5, 5.41) is 10.5. The molecule has 0 aromatic heterocycles. The molecule has 120 valence electrons. The first-order chi connectivity index (χ1) is 10.4. The molecule has 0 unspecified atom stereocenters. The summed E-state index contributed by atoms with van der Waals surface area (Å²) in [5.41, 5.74) is 5.18. The molecule has 1 aromatic rings. The van der Waals surface area contributed by atoms with E-state index in [4.69, 9.17) is 17.0 Å². The van der Waals surface area contributed by atoms with E-state index in [1.807, 2.05) is 38.1 Å². The zero-order valence-electron chi connectivity index (χ0n) is 13.3. The van der Waals surface area contributed by atoms with Crippen LogP contribution in [0.15, 0.2) is 29.4 Å². The Morgan fingerprint density at radius 3 is 2.77 bits per heavy atom. The van der Waals surface area contributed by atoms with Crippen LogP contribution in [0.25, 0.3) is 0 Å². The number of rotatable bonds is 6. The highest BCUT2D eigenvalue weighted by molar-refractivity contribution is 7.80. The SMILES string of the molecule is COC[C@@H](C)NC(=S)N/N=C(/C)c1cccc(NC(C)=O)c1. The molecule has 3 N–H and O–H groups in total. The fourth-order valence-corrected chi connectivity index (χ4v) is 2.02. The number of hydrazone groups is 1. The van der Waals surface area contributed by atoms with Gasteiger partial charge >= 0.3 is 0 Å².